The normalized spacial score (nSPS) is 12.9. The van der Waals surface area contributed by atoms with Gasteiger partial charge in [0.05, 0.1) is 11.2 Å². The van der Waals surface area contributed by atoms with Crippen LogP contribution in [0, 0.1) is 0 Å². The molecule has 0 spiro atoms. The summed E-state index contributed by atoms with van der Waals surface area (Å²) in [6.07, 6.45) is 2.14. The number of carbonyl (C=O) groups excluding carboxylic acids is 1. The van der Waals surface area contributed by atoms with Crippen molar-refractivity contribution >= 4 is 21.6 Å². The molecule has 0 saturated carbocycles. The van der Waals surface area contributed by atoms with E-state index < -0.39 is 10.0 Å². The van der Waals surface area contributed by atoms with Crippen LogP contribution < -0.4 is 19.5 Å². The molecule has 1 amide bonds. The quantitative estimate of drug-likeness (QED) is 0.599. The molecule has 4 rings (SSSR count). The van der Waals surface area contributed by atoms with Crippen molar-refractivity contribution in [3.8, 4) is 11.5 Å². The predicted molar refractivity (Wildman–Crippen MR) is 109 cm³/mol. The molecule has 1 aliphatic heterocycles. The van der Waals surface area contributed by atoms with Gasteiger partial charge in [-0.3, -0.25) is 9.52 Å². The van der Waals surface area contributed by atoms with Crippen LogP contribution in [0.2, 0.25) is 0 Å². The van der Waals surface area contributed by atoms with Crippen LogP contribution >= 0.6 is 0 Å². The molecule has 0 aliphatic carbocycles. The number of anilines is 1. The van der Waals surface area contributed by atoms with Gasteiger partial charge in [0.2, 0.25) is 0 Å². The van der Waals surface area contributed by atoms with Crippen molar-refractivity contribution in [2.45, 2.75) is 11.3 Å². The average molecular weight is 428 g/mol. The number of ether oxygens (including phenoxy) is 2. The summed E-state index contributed by atoms with van der Waals surface area (Å²) in [4.78, 5) is 12.4. The fraction of sp³-hybridized carbons (Fsp3) is 0.190. The highest BCUT2D eigenvalue weighted by molar-refractivity contribution is 7.92. The Kier molecular flexibility index (Phi) is 5.62. The van der Waals surface area contributed by atoms with Crippen LogP contribution in [-0.2, 0) is 16.4 Å². The number of benzene rings is 2. The van der Waals surface area contributed by atoms with E-state index in [0.717, 1.165) is 5.76 Å². The first kappa shape index (κ1) is 19.8. The molecule has 9 heteroatoms. The molecule has 2 N–H and O–H groups in total. The summed E-state index contributed by atoms with van der Waals surface area (Å²) in [7, 11) is -3.87. The van der Waals surface area contributed by atoms with E-state index in [2.05, 4.69) is 10.0 Å². The van der Waals surface area contributed by atoms with Crippen LogP contribution in [0.5, 0.6) is 11.5 Å². The number of hydrogen-bond donors (Lipinski definition) is 2. The molecule has 3 aromatic rings. The Morgan fingerprint density at radius 1 is 0.967 bits per heavy atom. The Hall–Kier alpha value is -3.46. The highest BCUT2D eigenvalue weighted by Gasteiger charge is 2.20. The average Bonchev–Trinajstić information content (AvgIpc) is 3.27. The van der Waals surface area contributed by atoms with Gasteiger partial charge in [0.15, 0.2) is 11.5 Å². The molecular weight excluding hydrogens is 408 g/mol. The highest BCUT2D eigenvalue weighted by atomic mass is 32.2. The number of nitrogens with one attached hydrogen (secondary N) is 2. The third-order valence-electron chi connectivity index (χ3n) is 4.44. The van der Waals surface area contributed by atoms with Crippen molar-refractivity contribution < 1.29 is 27.1 Å². The Bertz CT molecular complexity index is 1140. The second-order valence-corrected chi connectivity index (χ2v) is 8.26. The van der Waals surface area contributed by atoms with Crippen LogP contribution in [-0.4, -0.2) is 34.1 Å². The molecule has 1 aliphatic rings. The van der Waals surface area contributed by atoms with Crippen LogP contribution in [0.25, 0.3) is 0 Å². The topological polar surface area (TPSA) is 107 Å². The maximum atomic E-state index is 12.8. The SMILES string of the molecule is O=C(NCCc1ccco1)c1cccc(NS(=O)(=O)c2ccc3c(c2)OCCO3)c1. The molecule has 0 unspecified atom stereocenters. The van der Waals surface area contributed by atoms with E-state index in [9.17, 15) is 13.2 Å². The fourth-order valence-electron chi connectivity index (χ4n) is 2.98. The first-order chi connectivity index (χ1) is 14.5. The zero-order valence-electron chi connectivity index (χ0n) is 16.0. The number of hydrogen-bond acceptors (Lipinski definition) is 6. The van der Waals surface area contributed by atoms with Gasteiger partial charge in [-0.1, -0.05) is 6.07 Å². The number of amides is 1. The number of furan rings is 1. The maximum Gasteiger partial charge on any atom is 0.262 e. The zero-order chi connectivity index (χ0) is 21.0. The lowest BCUT2D eigenvalue weighted by molar-refractivity contribution is 0.0953. The first-order valence-corrected chi connectivity index (χ1v) is 10.8. The van der Waals surface area contributed by atoms with Crippen LogP contribution in [0.3, 0.4) is 0 Å². The monoisotopic (exact) mass is 428 g/mol. The van der Waals surface area contributed by atoms with Crippen molar-refractivity contribution in [3.05, 3.63) is 72.2 Å². The second-order valence-electron chi connectivity index (χ2n) is 6.58. The van der Waals surface area contributed by atoms with E-state index in [1.54, 1.807) is 36.6 Å². The molecule has 30 heavy (non-hydrogen) atoms. The largest absolute Gasteiger partial charge is 0.486 e. The first-order valence-electron chi connectivity index (χ1n) is 9.34. The van der Waals surface area contributed by atoms with Gasteiger partial charge < -0.3 is 19.2 Å². The Morgan fingerprint density at radius 3 is 2.60 bits per heavy atom. The number of fused-ring (bicyclic) bond motifs is 1. The summed E-state index contributed by atoms with van der Waals surface area (Å²) in [6, 6.07) is 14.3. The van der Waals surface area contributed by atoms with Gasteiger partial charge in [-0.2, -0.15) is 0 Å². The smallest absolute Gasteiger partial charge is 0.262 e. The van der Waals surface area contributed by atoms with E-state index in [1.807, 2.05) is 6.07 Å². The predicted octanol–water partition coefficient (Wildman–Crippen LogP) is 2.82. The van der Waals surface area contributed by atoms with E-state index in [1.165, 1.54) is 18.2 Å². The van der Waals surface area contributed by atoms with Crippen molar-refractivity contribution in [2.24, 2.45) is 0 Å². The lowest BCUT2D eigenvalue weighted by Gasteiger charge is -2.19. The molecule has 8 nitrogen and oxygen atoms in total. The van der Waals surface area contributed by atoms with Crippen molar-refractivity contribution in [1.82, 2.24) is 5.32 Å². The van der Waals surface area contributed by atoms with Gasteiger partial charge in [-0.25, -0.2) is 8.42 Å². The number of rotatable bonds is 7. The van der Waals surface area contributed by atoms with Crippen molar-refractivity contribution in [1.29, 1.82) is 0 Å². The Morgan fingerprint density at radius 2 is 1.80 bits per heavy atom. The van der Waals surface area contributed by atoms with E-state index >= 15 is 0 Å². The van der Waals surface area contributed by atoms with Gasteiger partial charge >= 0.3 is 0 Å². The lowest BCUT2D eigenvalue weighted by atomic mass is 10.2. The van der Waals surface area contributed by atoms with E-state index in [4.69, 9.17) is 13.9 Å². The number of sulfonamides is 1. The van der Waals surface area contributed by atoms with Gasteiger partial charge in [0, 0.05) is 30.3 Å². The van der Waals surface area contributed by atoms with Gasteiger partial charge in [-0.05, 0) is 42.5 Å². The summed E-state index contributed by atoms with van der Waals surface area (Å²) >= 11 is 0. The molecular formula is C21H20N2O6S. The molecule has 0 fully saturated rings. The molecule has 1 aromatic heterocycles. The molecule has 156 valence electrons. The third-order valence-corrected chi connectivity index (χ3v) is 5.82. The maximum absolute atomic E-state index is 12.8. The highest BCUT2D eigenvalue weighted by Crippen LogP contribution is 2.32. The summed E-state index contributed by atoms with van der Waals surface area (Å²) in [5.41, 5.74) is 0.625. The minimum Gasteiger partial charge on any atom is -0.486 e. The van der Waals surface area contributed by atoms with Crippen molar-refractivity contribution in [3.63, 3.8) is 0 Å². The van der Waals surface area contributed by atoms with Crippen LogP contribution in [0.4, 0.5) is 5.69 Å². The fourth-order valence-corrected chi connectivity index (χ4v) is 4.05. The molecule has 0 atom stereocenters. The molecule has 0 saturated heterocycles. The summed E-state index contributed by atoms with van der Waals surface area (Å²) in [5, 5.41) is 2.79. The Balaban J connectivity index is 1.43. The minimum atomic E-state index is -3.87. The third kappa shape index (κ3) is 4.57. The molecule has 2 aromatic carbocycles. The van der Waals surface area contributed by atoms with Crippen molar-refractivity contribution in [2.75, 3.05) is 24.5 Å². The number of carbonyl (C=O) groups is 1. The van der Waals surface area contributed by atoms with Gasteiger partial charge in [-0.15, -0.1) is 0 Å². The molecule has 0 bridgehead atoms. The second kappa shape index (κ2) is 8.50. The standard InChI is InChI=1S/C21H20N2O6S/c24-21(22-9-8-17-5-2-10-27-17)15-3-1-4-16(13-15)23-30(25,26)18-6-7-19-20(14-18)29-12-11-28-19/h1-7,10,13-14,23H,8-9,11-12H2,(H,22,24). The Labute approximate surface area is 173 Å². The van der Waals surface area contributed by atoms with E-state index in [0.29, 0.717) is 43.2 Å². The lowest BCUT2D eigenvalue weighted by Crippen LogP contribution is -2.25. The van der Waals surface area contributed by atoms with Crippen LogP contribution in [0.1, 0.15) is 16.1 Å². The van der Waals surface area contributed by atoms with Gasteiger partial charge in [0.25, 0.3) is 15.9 Å². The molecule has 0 radical (unpaired) electrons. The minimum absolute atomic E-state index is 0.0417. The van der Waals surface area contributed by atoms with Crippen LogP contribution in [0.15, 0.2) is 70.2 Å². The zero-order valence-corrected chi connectivity index (χ0v) is 16.8. The van der Waals surface area contributed by atoms with E-state index in [-0.39, 0.29) is 16.5 Å². The molecule has 2 heterocycles. The summed E-state index contributed by atoms with van der Waals surface area (Å²) in [5.74, 6) is 1.36. The van der Waals surface area contributed by atoms with Gasteiger partial charge in [0.1, 0.15) is 19.0 Å². The summed E-state index contributed by atoms with van der Waals surface area (Å²) < 4.78 is 44.1. The summed E-state index contributed by atoms with van der Waals surface area (Å²) in [6.45, 7) is 1.19.